The fourth-order valence-corrected chi connectivity index (χ4v) is 1.41. The van der Waals surface area contributed by atoms with E-state index in [1.165, 1.54) is 0 Å². The van der Waals surface area contributed by atoms with Crippen molar-refractivity contribution in [3.63, 3.8) is 0 Å². The van der Waals surface area contributed by atoms with Crippen molar-refractivity contribution in [1.29, 1.82) is 0 Å². The molecule has 0 bridgehead atoms. The molecule has 0 aromatic heterocycles. The van der Waals surface area contributed by atoms with Crippen LogP contribution in [0.15, 0.2) is 0 Å². The highest BCUT2D eigenvalue weighted by atomic mass is 16.5. The van der Waals surface area contributed by atoms with E-state index in [1.807, 2.05) is 6.92 Å². The standard InChI is InChI=1S/C10H23NO/c1-6-8(3)9(11)10(4,5)12-7-2/h8-9H,6-7,11H2,1-5H3. The van der Waals surface area contributed by atoms with Gasteiger partial charge in [0.25, 0.3) is 0 Å². The van der Waals surface area contributed by atoms with Crippen LogP contribution in [-0.2, 0) is 4.74 Å². The van der Waals surface area contributed by atoms with E-state index in [0.717, 1.165) is 13.0 Å². The zero-order valence-corrected chi connectivity index (χ0v) is 9.05. The molecule has 2 unspecified atom stereocenters. The number of nitrogens with two attached hydrogens (primary N) is 1. The van der Waals surface area contributed by atoms with E-state index in [9.17, 15) is 0 Å². The summed E-state index contributed by atoms with van der Waals surface area (Å²) in [6.07, 6.45) is 1.11. The Morgan fingerprint density at radius 1 is 1.33 bits per heavy atom. The molecule has 2 N–H and O–H groups in total. The Balaban J connectivity index is 4.13. The lowest BCUT2D eigenvalue weighted by Gasteiger charge is -2.35. The fourth-order valence-electron chi connectivity index (χ4n) is 1.41. The zero-order valence-electron chi connectivity index (χ0n) is 9.05. The Morgan fingerprint density at radius 3 is 2.17 bits per heavy atom. The molecule has 0 heterocycles. The van der Waals surface area contributed by atoms with Crippen LogP contribution in [-0.4, -0.2) is 18.2 Å². The van der Waals surface area contributed by atoms with Crippen LogP contribution in [0, 0.1) is 5.92 Å². The highest BCUT2D eigenvalue weighted by Crippen LogP contribution is 2.21. The molecule has 0 aliphatic carbocycles. The molecule has 0 aromatic carbocycles. The van der Waals surface area contributed by atoms with Crippen LogP contribution in [0.1, 0.15) is 41.0 Å². The summed E-state index contributed by atoms with van der Waals surface area (Å²) in [5, 5.41) is 0. The van der Waals surface area contributed by atoms with E-state index in [0.29, 0.717) is 5.92 Å². The Hall–Kier alpha value is -0.0800. The lowest BCUT2D eigenvalue weighted by atomic mass is 9.87. The lowest BCUT2D eigenvalue weighted by Crippen LogP contribution is -2.49. The van der Waals surface area contributed by atoms with Gasteiger partial charge in [-0.15, -0.1) is 0 Å². The Labute approximate surface area is 76.5 Å². The first kappa shape index (κ1) is 11.9. The molecule has 2 nitrogen and oxygen atoms in total. The average molecular weight is 173 g/mol. The average Bonchev–Trinajstić information content (AvgIpc) is 2.01. The summed E-state index contributed by atoms with van der Waals surface area (Å²) in [6.45, 7) is 11.2. The first-order chi connectivity index (χ1) is 5.45. The normalized spacial score (nSPS) is 17.5. The molecule has 0 aliphatic rings. The largest absolute Gasteiger partial charge is 0.374 e. The zero-order chi connectivity index (χ0) is 9.78. The minimum absolute atomic E-state index is 0.127. The molecule has 0 saturated carbocycles. The van der Waals surface area contributed by atoms with Gasteiger partial charge in [0, 0.05) is 12.6 Å². The molecule has 0 aliphatic heterocycles. The van der Waals surface area contributed by atoms with Gasteiger partial charge in [0.1, 0.15) is 0 Å². The number of ether oxygens (including phenoxy) is 1. The fraction of sp³-hybridized carbons (Fsp3) is 1.00. The highest BCUT2D eigenvalue weighted by molar-refractivity contribution is 4.85. The molecule has 0 radical (unpaired) electrons. The maximum atomic E-state index is 6.07. The van der Waals surface area contributed by atoms with E-state index < -0.39 is 0 Å². The number of hydrogen-bond donors (Lipinski definition) is 1. The second kappa shape index (κ2) is 4.83. The van der Waals surface area contributed by atoms with Gasteiger partial charge in [0.05, 0.1) is 5.60 Å². The highest BCUT2D eigenvalue weighted by Gasteiger charge is 2.29. The lowest BCUT2D eigenvalue weighted by molar-refractivity contribution is -0.0410. The maximum Gasteiger partial charge on any atom is 0.0779 e. The molecular formula is C10H23NO. The van der Waals surface area contributed by atoms with E-state index in [4.69, 9.17) is 10.5 Å². The Bertz CT molecular complexity index is 123. The molecule has 0 aromatic rings. The summed E-state index contributed by atoms with van der Waals surface area (Å²) in [4.78, 5) is 0. The van der Waals surface area contributed by atoms with Crippen LogP contribution in [0.25, 0.3) is 0 Å². The van der Waals surface area contributed by atoms with Gasteiger partial charge in [-0.05, 0) is 26.7 Å². The monoisotopic (exact) mass is 173 g/mol. The van der Waals surface area contributed by atoms with Gasteiger partial charge in [-0.2, -0.15) is 0 Å². The predicted octanol–water partition coefficient (Wildman–Crippen LogP) is 2.17. The van der Waals surface area contributed by atoms with E-state index in [2.05, 4.69) is 27.7 Å². The number of rotatable bonds is 5. The van der Waals surface area contributed by atoms with Crippen molar-refractivity contribution < 1.29 is 4.74 Å². The minimum Gasteiger partial charge on any atom is -0.374 e. The number of hydrogen-bond acceptors (Lipinski definition) is 2. The van der Waals surface area contributed by atoms with Gasteiger partial charge in [0.15, 0.2) is 0 Å². The first-order valence-corrected chi connectivity index (χ1v) is 4.85. The van der Waals surface area contributed by atoms with Crippen molar-refractivity contribution >= 4 is 0 Å². The molecule has 74 valence electrons. The molecule has 0 spiro atoms. The summed E-state index contributed by atoms with van der Waals surface area (Å²) in [5.41, 5.74) is 5.88. The summed E-state index contributed by atoms with van der Waals surface area (Å²) >= 11 is 0. The molecule has 0 rings (SSSR count). The van der Waals surface area contributed by atoms with Gasteiger partial charge in [-0.25, -0.2) is 0 Å². The quantitative estimate of drug-likeness (QED) is 0.691. The molecule has 2 atom stereocenters. The first-order valence-electron chi connectivity index (χ1n) is 4.85. The van der Waals surface area contributed by atoms with Crippen molar-refractivity contribution in [3.8, 4) is 0 Å². The molecular weight excluding hydrogens is 150 g/mol. The van der Waals surface area contributed by atoms with E-state index >= 15 is 0 Å². The van der Waals surface area contributed by atoms with E-state index in [-0.39, 0.29) is 11.6 Å². The van der Waals surface area contributed by atoms with Crippen molar-refractivity contribution in [2.75, 3.05) is 6.61 Å². The third-order valence-corrected chi connectivity index (χ3v) is 2.58. The van der Waals surface area contributed by atoms with Crippen LogP contribution >= 0.6 is 0 Å². The van der Waals surface area contributed by atoms with Crippen LogP contribution < -0.4 is 5.73 Å². The predicted molar refractivity (Wildman–Crippen MR) is 53.1 cm³/mol. The van der Waals surface area contributed by atoms with E-state index in [1.54, 1.807) is 0 Å². The Morgan fingerprint density at radius 2 is 1.83 bits per heavy atom. The third-order valence-electron chi connectivity index (χ3n) is 2.58. The summed E-state index contributed by atoms with van der Waals surface area (Å²) < 4.78 is 5.59. The van der Waals surface area contributed by atoms with Crippen LogP contribution in [0.2, 0.25) is 0 Å². The molecule has 0 saturated heterocycles. The van der Waals surface area contributed by atoms with Crippen molar-refractivity contribution in [3.05, 3.63) is 0 Å². The Kier molecular flexibility index (Phi) is 4.80. The molecule has 0 amide bonds. The molecule has 0 fully saturated rings. The molecule has 2 heteroatoms. The minimum atomic E-state index is -0.190. The van der Waals surface area contributed by atoms with Crippen molar-refractivity contribution in [1.82, 2.24) is 0 Å². The van der Waals surface area contributed by atoms with Crippen LogP contribution in [0.3, 0.4) is 0 Å². The van der Waals surface area contributed by atoms with Gasteiger partial charge in [0.2, 0.25) is 0 Å². The van der Waals surface area contributed by atoms with Gasteiger partial charge in [-0.1, -0.05) is 20.3 Å². The summed E-state index contributed by atoms with van der Waals surface area (Å²) in [7, 11) is 0. The topological polar surface area (TPSA) is 35.2 Å². The van der Waals surface area contributed by atoms with Gasteiger partial charge >= 0.3 is 0 Å². The van der Waals surface area contributed by atoms with Crippen molar-refractivity contribution in [2.45, 2.75) is 52.7 Å². The third kappa shape index (κ3) is 3.11. The maximum absolute atomic E-state index is 6.07. The summed E-state index contributed by atoms with van der Waals surface area (Å²) in [6, 6.07) is 0.127. The molecule has 12 heavy (non-hydrogen) atoms. The second-order valence-electron chi connectivity index (χ2n) is 3.95. The van der Waals surface area contributed by atoms with Gasteiger partial charge < -0.3 is 10.5 Å². The van der Waals surface area contributed by atoms with Crippen molar-refractivity contribution in [2.24, 2.45) is 11.7 Å². The van der Waals surface area contributed by atoms with Gasteiger partial charge in [-0.3, -0.25) is 0 Å². The summed E-state index contributed by atoms with van der Waals surface area (Å²) in [5.74, 6) is 0.520. The van der Waals surface area contributed by atoms with Crippen LogP contribution in [0.5, 0.6) is 0 Å². The SMILES string of the molecule is CCOC(C)(C)C(N)C(C)CC. The smallest absolute Gasteiger partial charge is 0.0779 e. The second-order valence-corrected chi connectivity index (χ2v) is 3.95. The van der Waals surface area contributed by atoms with Crippen LogP contribution in [0.4, 0.5) is 0 Å².